The number of aromatic nitrogens is 2. The van der Waals surface area contributed by atoms with E-state index in [-0.39, 0.29) is 12.3 Å². The van der Waals surface area contributed by atoms with E-state index >= 15 is 0 Å². The third-order valence-electron chi connectivity index (χ3n) is 4.69. The van der Waals surface area contributed by atoms with Crippen LogP contribution in [0.25, 0.3) is 5.69 Å². The second-order valence-corrected chi connectivity index (χ2v) is 7.10. The molecule has 6 heteroatoms. The number of hydrogen-bond acceptors (Lipinski definition) is 3. The third-order valence-corrected chi connectivity index (χ3v) is 4.69. The van der Waals surface area contributed by atoms with Crippen molar-refractivity contribution in [3.05, 3.63) is 83.2 Å². The van der Waals surface area contributed by atoms with Crippen molar-refractivity contribution < 1.29 is 14.7 Å². The lowest BCUT2D eigenvalue weighted by Gasteiger charge is -2.23. The van der Waals surface area contributed by atoms with Crippen LogP contribution in [0.3, 0.4) is 0 Å². The molecule has 1 N–H and O–H groups in total. The number of aliphatic carboxylic acids is 1. The highest BCUT2D eigenvalue weighted by molar-refractivity contribution is 5.94. The van der Waals surface area contributed by atoms with Gasteiger partial charge in [-0.25, -0.2) is 4.68 Å². The van der Waals surface area contributed by atoms with Crippen LogP contribution in [0.1, 0.15) is 40.2 Å². The number of carboxylic acid groups (broad SMARTS) is 1. The van der Waals surface area contributed by atoms with Crippen LogP contribution >= 0.6 is 0 Å². The van der Waals surface area contributed by atoms with Crippen molar-refractivity contribution in [2.75, 3.05) is 6.54 Å². The molecule has 29 heavy (non-hydrogen) atoms. The maximum atomic E-state index is 13.1. The molecule has 0 bridgehead atoms. The van der Waals surface area contributed by atoms with Gasteiger partial charge in [0.15, 0.2) is 0 Å². The number of nitrogens with zero attached hydrogens (tertiary/aromatic N) is 3. The van der Waals surface area contributed by atoms with Crippen LogP contribution in [-0.4, -0.2) is 38.2 Å². The van der Waals surface area contributed by atoms with Gasteiger partial charge in [0, 0.05) is 30.8 Å². The van der Waals surface area contributed by atoms with E-state index in [9.17, 15) is 9.59 Å². The maximum absolute atomic E-state index is 13.1. The summed E-state index contributed by atoms with van der Waals surface area (Å²) < 4.78 is 1.85. The van der Waals surface area contributed by atoms with E-state index in [1.807, 2.05) is 67.1 Å². The zero-order valence-electron chi connectivity index (χ0n) is 16.7. The van der Waals surface area contributed by atoms with E-state index in [2.05, 4.69) is 5.10 Å². The summed E-state index contributed by atoms with van der Waals surface area (Å²) in [4.78, 5) is 25.7. The van der Waals surface area contributed by atoms with Crippen LogP contribution in [0.5, 0.6) is 0 Å². The van der Waals surface area contributed by atoms with Crippen LogP contribution in [0.4, 0.5) is 0 Å². The minimum Gasteiger partial charge on any atom is -0.481 e. The number of carbonyl (C=O) groups is 2. The van der Waals surface area contributed by atoms with Gasteiger partial charge in [-0.15, -0.1) is 0 Å². The summed E-state index contributed by atoms with van der Waals surface area (Å²) >= 11 is 0. The average Bonchev–Trinajstić information content (AvgIpc) is 3.05. The molecule has 1 amide bonds. The number of rotatable bonds is 8. The fraction of sp³-hybridized carbons (Fsp3) is 0.261. The van der Waals surface area contributed by atoms with E-state index < -0.39 is 5.97 Å². The summed E-state index contributed by atoms with van der Waals surface area (Å²) in [5, 5.41) is 13.4. The fourth-order valence-corrected chi connectivity index (χ4v) is 3.30. The molecule has 0 unspecified atom stereocenters. The third kappa shape index (κ3) is 5.31. The van der Waals surface area contributed by atoms with E-state index in [0.29, 0.717) is 25.1 Å². The molecule has 1 heterocycles. The Kier molecular flexibility index (Phi) is 6.44. The van der Waals surface area contributed by atoms with Crippen LogP contribution in [-0.2, 0) is 11.3 Å². The second-order valence-electron chi connectivity index (χ2n) is 7.10. The van der Waals surface area contributed by atoms with Crippen molar-refractivity contribution in [3.8, 4) is 5.69 Å². The van der Waals surface area contributed by atoms with Crippen molar-refractivity contribution in [1.82, 2.24) is 14.7 Å². The maximum Gasteiger partial charge on any atom is 0.303 e. The standard InChI is InChI=1S/C23H25N3O3/c1-17-15-18(2)26(24-17)21-12-10-20(11-13-21)23(29)25(14-6-9-22(27)28)16-19-7-4-3-5-8-19/h3-5,7-8,10-13,15H,6,9,14,16H2,1-2H3,(H,27,28). The first kappa shape index (κ1) is 20.3. The fourth-order valence-electron chi connectivity index (χ4n) is 3.30. The van der Waals surface area contributed by atoms with Gasteiger partial charge >= 0.3 is 5.97 Å². The van der Waals surface area contributed by atoms with Crippen molar-refractivity contribution in [2.45, 2.75) is 33.2 Å². The number of amides is 1. The predicted molar refractivity (Wildman–Crippen MR) is 111 cm³/mol. The predicted octanol–water partition coefficient (Wildman–Crippen LogP) is 4.00. The largest absolute Gasteiger partial charge is 0.481 e. The number of carboxylic acids is 1. The van der Waals surface area contributed by atoms with Crippen molar-refractivity contribution in [3.63, 3.8) is 0 Å². The normalized spacial score (nSPS) is 10.7. The lowest BCUT2D eigenvalue weighted by atomic mass is 10.1. The number of hydrogen-bond donors (Lipinski definition) is 1. The summed E-state index contributed by atoms with van der Waals surface area (Å²) in [7, 11) is 0. The molecule has 2 aromatic carbocycles. The zero-order chi connectivity index (χ0) is 20.8. The lowest BCUT2D eigenvalue weighted by molar-refractivity contribution is -0.137. The van der Waals surface area contributed by atoms with Gasteiger partial charge in [0.1, 0.15) is 0 Å². The van der Waals surface area contributed by atoms with Crippen LogP contribution < -0.4 is 0 Å². The van der Waals surface area contributed by atoms with Gasteiger partial charge in [-0.1, -0.05) is 30.3 Å². The van der Waals surface area contributed by atoms with Gasteiger partial charge in [-0.05, 0) is 56.2 Å². The van der Waals surface area contributed by atoms with Crippen molar-refractivity contribution >= 4 is 11.9 Å². The molecule has 0 atom stereocenters. The lowest BCUT2D eigenvalue weighted by Crippen LogP contribution is -2.31. The van der Waals surface area contributed by atoms with Gasteiger partial charge in [-0.3, -0.25) is 9.59 Å². The monoisotopic (exact) mass is 391 g/mol. The molecule has 0 aliphatic carbocycles. The molecule has 3 rings (SSSR count). The Morgan fingerprint density at radius 3 is 2.31 bits per heavy atom. The molecule has 3 aromatic rings. The molecule has 0 saturated heterocycles. The Labute approximate surface area is 170 Å². The van der Waals surface area contributed by atoms with Crippen LogP contribution in [0.2, 0.25) is 0 Å². The van der Waals surface area contributed by atoms with Crippen molar-refractivity contribution in [1.29, 1.82) is 0 Å². The van der Waals surface area contributed by atoms with Gasteiger partial charge in [-0.2, -0.15) is 5.10 Å². The first-order chi connectivity index (χ1) is 13.9. The molecule has 1 aromatic heterocycles. The molecule has 0 aliphatic rings. The van der Waals surface area contributed by atoms with Crippen molar-refractivity contribution in [2.24, 2.45) is 0 Å². The summed E-state index contributed by atoms with van der Waals surface area (Å²) in [6, 6.07) is 19.1. The SMILES string of the molecule is Cc1cc(C)n(-c2ccc(C(=O)N(CCCC(=O)O)Cc3ccccc3)cc2)n1. The topological polar surface area (TPSA) is 75.4 Å². The summed E-state index contributed by atoms with van der Waals surface area (Å²) in [6.45, 7) is 4.76. The van der Waals surface area contributed by atoms with E-state index in [1.54, 1.807) is 17.0 Å². The van der Waals surface area contributed by atoms with Gasteiger partial charge in [0.25, 0.3) is 5.91 Å². The Morgan fingerprint density at radius 1 is 1.03 bits per heavy atom. The second kappa shape index (κ2) is 9.19. The molecule has 0 fully saturated rings. The van der Waals surface area contributed by atoms with E-state index in [0.717, 1.165) is 22.6 Å². The Balaban J connectivity index is 1.78. The number of aryl methyl sites for hydroxylation is 2. The molecule has 6 nitrogen and oxygen atoms in total. The molecule has 0 aliphatic heterocycles. The average molecular weight is 391 g/mol. The molecule has 0 radical (unpaired) electrons. The summed E-state index contributed by atoms with van der Waals surface area (Å²) in [5.74, 6) is -0.967. The van der Waals surface area contributed by atoms with Crippen LogP contribution in [0, 0.1) is 13.8 Å². The van der Waals surface area contributed by atoms with Crippen LogP contribution in [0.15, 0.2) is 60.7 Å². The van der Waals surface area contributed by atoms with Gasteiger partial charge < -0.3 is 10.0 Å². The minimum absolute atomic E-state index is 0.0371. The minimum atomic E-state index is -0.855. The molecular weight excluding hydrogens is 366 g/mol. The number of carbonyl (C=O) groups excluding carboxylic acids is 1. The molecule has 0 spiro atoms. The highest BCUT2D eigenvalue weighted by Gasteiger charge is 2.17. The van der Waals surface area contributed by atoms with Gasteiger partial charge in [0.2, 0.25) is 0 Å². The molecule has 0 saturated carbocycles. The zero-order valence-corrected chi connectivity index (χ0v) is 16.7. The van der Waals surface area contributed by atoms with Gasteiger partial charge in [0.05, 0.1) is 11.4 Å². The Hall–Kier alpha value is -3.41. The first-order valence-electron chi connectivity index (χ1n) is 9.63. The first-order valence-corrected chi connectivity index (χ1v) is 9.63. The Bertz CT molecular complexity index is 978. The molecular formula is C23H25N3O3. The summed E-state index contributed by atoms with van der Waals surface area (Å²) in [5.41, 5.74) is 4.45. The highest BCUT2D eigenvalue weighted by atomic mass is 16.4. The quantitative estimate of drug-likeness (QED) is 0.630. The summed E-state index contributed by atoms with van der Waals surface area (Å²) in [6.07, 6.45) is 0.452. The number of benzene rings is 2. The molecule has 150 valence electrons. The Morgan fingerprint density at radius 2 is 1.72 bits per heavy atom. The smallest absolute Gasteiger partial charge is 0.303 e. The highest BCUT2D eigenvalue weighted by Crippen LogP contribution is 2.16. The van der Waals surface area contributed by atoms with E-state index in [4.69, 9.17) is 5.11 Å². The van der Waals surface area contributed by atoms with E-state index in [1.165, 1.54) is 0 Å².